The van der Waals surface area contributed by atoms with Gasteiger partial charge in [0.1, 0.15) is 11.6 Å². The van der Waals surface area contributed by atoms with Gasteiger partial charge in [-0.05, 0) is 67.5 Å². The van der Waals surface area contributed by atoms with Crippen LogP contribution < -0.4 is 5.56 Å². The Kier molecular flexibility index (Phi) is 6.18. The summed E-state index contributed by atoms with van der Waals surface area (Å²) < 4.78 is 16.3. The van der Waals surface area contributed by atoms with Gasteiger partial charge in [0.15, 0.2) is 0 Å². The number of amides is 2. The van der Waals surface area contributed by atoms with Crippen molar-refractivity contribution >= 4 is 17.6 Å². The first-order valence-electron chi connectivity index (χ1n) is 12.5. The van der Waals surface area contributed by atoms with Crippen LogP contribution in [0, 0.1) is 19.7 Å². The van der Waals surface area contributed by atoms with E-state index in [-0.39, 0.29) is 36.1 Å². The lowest BCUT2D eigenvalue weighted by atomic mass is 9.79. The largest absolute Gasteiger partial charge is 0.314 e. The van der Waals surface area contributed by atoms with Crippen molar-refractivity contribution in [1.29, 1.82) is 0 Å². The number of aryl methyl sites for hydroxylation is 1. The van der Waals surface area contributed by atoms with Crippen LogP contribution in [0.4, 0.5) is 4.39 Å². The fourth-order valence-corrected chi connectivity index (χ4v) is 5.42. The number of Topliss-reactive ketones (excluding diaryl/α,β-unsaturated/α-hetero) is 1. The standard InChI is InChI=1S/C30H29FN2O4/c1-16-8-9-20(23(31)12-16)15-24-27-25(18(3)28(35)32(24)4)26(29(36)33(30(27)37)22-10-11-22)21-7-5-6-19(14-21)13-17(2)34/h5-9,12,14,22,26H,10-11,13,15H2,1-4H3. The number of ketones is 1. The van der Waals surface area contributed by atoms with Gasteiger partial charge >= 0.3 is 0 Å². The molecule has 1 aliphatic carbocycles. The molecule has 1 saturated carbocycles. The summed E-state index contributed by atoms with van der Waals surface area (Å²) in [6.45, 7) is 4.94. The molecule has 0 bridgehead atoms. The van der Waals surface area contributed by atoms with Crippen molar-refractivity contribution in [3.63, 3.8) is 0 Å². The van der Waals surface area contributed by atoms with Crippen LogP contribution in [0.2, 0.25) is 0 Å². The number of carbonyl (C=O) groups excluding carboxylic acids is 3. The number of hydrogen-bond donors (Lipinski definition) is 0. The smallest absolute Gasteiger partial charge is 0.262 e. The molecular formula is C30H29FN2O4. The lowest BCUT2D eigenvalue weighted by molar-refractivity contribution is -0.130. The molecule has 2 aliphatic rings. The maximum Gasteiger partial charge on any atom is 0.262 e. The molecule has 1 aliphatic heterocycles. The number of hydrogen-bond acceptors (Lipinski definition) is 4. The summed E-state index contributed by atoms with van der Waals surface area (Å²) in [5, 5.41) is 0. The van der Waals surface area contributed by atoms with E-state index in [9.17, 15) is 23.6 Å². The molecule has 0 spiro atoms. The van der Waals surface area contributed by atoms with Gasteiger partial charge in [-0.1, -0.05) is 36.4 Å². The molecule has 5 rings (SSSR count). The number of pyridine rings is 1. The van der Waals surface area contributed by atoms with Crippen LogP contribution in [0.25, 0.3) is 0 Å². The minimum absolute atomic E-state index is 0.00485. The second kappa shape index (κ2) is 9.21. The molecular weight excluding hydrogens is 471 g/mol. The molecule has 1 unspecified atom stereocenters. The van der Waals surface area contributed by atoms with Crippen LogP contribution in [0.3, 0.4) is 0 Å². The van der Waals surface area contributed by atoms with Gasteiger partial charge in [0.25, 0.3) is 11.5 Å². The number of benzene rings is 2. The van der Waals surface area contributed by atoms with Crippen LogP contribution in [0.5, 0.6) is 0 Å². The van der Waals surface area contributed by atoms with Gasteiger partial charge in [0.05, 0.1) is 11.5 Å². The van der Waals surface area contributed by atoms with Crippen molar-refractivity contribution in [3.8, 4) is 0 Å². The molecule has 2 heterocycles. The van der Waals surface area contributed by atoms with Crippen LogP contribution in [-0.4, -0.2) is 33.1 Å². The fourth-order valence-electron chi connectivity index (χ4n) is 5.42. The Morgan fingerprint density at radius 3 is 2.43 bits per heavy atom. The summed E-state index contributed by atoms with van der Waals surface area (Å²) >= 11 is 0. The monoisotopic (exact) mass is 500 g/mol. The van der Waals surface area contributed by atoms with E-state index >= 15 is 0 Å². The van der Waals surface area contributed by atoms with Gasteiger partial charge in [0.2, 0.25) is 5.91 Å². The predicted molar refractivity (Wildman–Crippen MR) is 137 cm³/mol. The first-order chi connectivity index (χ1) is 17.6. The predicted octanol–water partition coefficient (Wildman–Crippen LogP) is 4.14. The van der Waals surface area contributed by atoms with Crippen LogP contribution in [-0.2, 0) is 29.5 Å². The minimum Gasteiger partial charge on any atom is -0.314 e. The molecule has 2 aromatic carbocycles. The van der Waals surface area contributed by atoms with Crippen molar-refractivity contribution in [2.24, 2.45) is 7.05 Å². The van der Waals surface area contributed by atoms with E-state index < -0.39 is 17.6 Å². The summed E-state index contributed by atoms with van der Waals surface area (Å²) in [4.78, 5) is 54.3. The van der Waals surface area contributed by atoms with Gasteiger partial charge < -0.3 is 4.57 Å². The number of carbonyl (C=O) groups is 3. The Labute approximate surface area is 214 Å². The van der Waals surface area contributed by atoms with Crippen molar-refractivity contribution < 1.29 is 18.8 Å². The zero-order valence-corrected chi connectivity index (χ0v) is 21.4. The maximum absolute atomic E-state index is 14.9. The highest BCUT2D eigenvalue weighted by Crippen LogP contribution is 2.42. The van der Waals surface area contributed by atoms with Gasteiger partial charge in [-0.15, -0.1) is 0 Å². The molecule has 0 N–H and O–H groups in total. The van der Waals surface area contributed by atoms with E-state index in [2.05, 4.69) is 0 Å². The molecule has 2 amide bonds. The molecule has 7 heteroatoms. The zero-order chi connectivity index (χ0) is 26.6. The molecule has 3 aromatic rings. The van der Waals surface area contributed by atoms with Gasteiger partial charge in [0, 0.05) is 37.2 Å². The summed E-state index contributed by atoms with van der Waals surface area (Å²) in [5.41, 5.74) is 3.61. The maximum atomic E-state index is 14.9. The topological polar surface area (TPSA) is 76.5 Å². The molecule has 37 heavy (non-hydrogen) atoms. The third-order valence-corrected chi connectivity index (χ3v) is 7.41. The lowest BCUT2D eigenvalue weighted by Gasteiger charge is -2.35. The summed E-state index contributed by atoms with van der Waals surface area (Å²) in [7, 11) is 1.59. The first-order valence-corrected chi connectivity index (χ1v) is 12.5. The van der Waals surface area contributed by atoms with Crippen molar-refractivity contribution in [2.75, 3.05) is 0 Å². The average Bonchev–Trinajstić information content (AvgIpc) is 3.67. The van der Waals surface area contributed by atoms with Crippen LogP contribution in [0.15, 0.2) is 47.3 Å². The van der Waals surface area contributed by atoms with Crippen molar-refractivity contribution in [1.82, 2.24) is 9.47 Å². The highest BCUT2D eigenvalue weighted by Gasteiger charge is 2.48. The Balaban J connectivity index is 1.76. The molecule has 190 valence electrons. The lowest BCUT2D eigenvalue weighted by Crippen LogP contribution is -2.49. The summed E-state index contributed by atoms with van der Waals surface area (Å²) in [6, 6.07) is 11.9. The molecule has 1 atom stereocenters. The molecule has 1 fully saturated rings. The molecule has 1 aromatic heterocycles. The highest BCUT2D eigenvalue weighted by molar-refractivity contribution is 6.14. The summed E-state index contributed by atoms with van der Waals surface area (Å²) in [6.07, 6.45) is 1.73. The van der Waals surface area contributed by atoms with Crippen molar-refractivity contribution in [2.45, 2.75) is 58.4 Å². The zero-order valence-electron chi connectivity index (χ0n) is 21.4. The van der Waals surface area contributed by atoms with E-state index in [0.29, 0.717) is 33.5 Å². The van der Waals surface area contributed by atoms with E-state index in [4.69, 9.17) is 0 Å². The second-order valence-corrected chi connectivity index (χ2v) is 10.3. The first kappa shape index (κ1) is 24.8. The number of rotatable bonds is 6. The molecule has 6 nitrogen and oxygen atoms in total. The summed E-state index contributed by atoms with van der Waals surface area (Å²) in [5.74, 6) is -2.07. The van der Waals surface area contributed by atoms with Crippen LogP contribution >= 0.6 is 0 Å². The number of fused-ring (bicyclic) bond motifs is 1. The average molecular weight is 501 g/mol. The molecule has 0 saturated heterocycles. The number of imide groups is 1. The SMILES string of the molecule is CC(=O)Cc1cccc(C2C(=O)N(C3CC3)C(=O)c3c2c(C)c(=O)n(C)c3Cc2ccc(C)cc2F)c1. The normalized spacial score (nSPS) is 17.2. The van der Waals surface area contributed by atoms with Crippen LogP contribution in [0.1, 0.15) is 75.1 Å². The Morgan fingerprint density at radius 1 is 1.05 bits per heavy atom. The van der Waals surface area contributed by atoms with Crippen molar-refractivity contribution in [3.05, 3.63) is 103 Å². The minimum atomic E-state index is -0.865. The third-order valence-electron chi connectivity index (χ3n) is 7.41. The van der Waals surface area contributed by atoms with E-state index in [1.807, 2.05) is 12.1 Å². The Bertz CT molecular complexity index is 1530. The second-order valence-electron chi connectivity index (χ2n) is 10.3. The quantitative estimate of drug-likeness (QED) is 0.477. The number of aromatic nitrogens is 1. The van der Waals surface area contributed by atoms with E-state index in [1.54, 1.807) is 45.2 Å². The number of nitrogens with zero attached hydrogens (tertiary/aromatic N) is 2. The fraction of sp³-hybridized carbons (Fsp3) is 0.333. The highest BCUT2D eigenvalue weighted by atomic mass is 19.1. The van der Waals surface area contributed by atoms with E-state index in [0.717, 1.165) is 24.0 Å². The van der Waals surface area contributed by atoms with Gasteiger partial charge in [-0.3, -0.25) is 24.1 Å². The third kappa shape index (κ3) is 4.32. The van der Waals surface area contributed by atoms with Gasteiger partial charge in [-0.25, -0.2) is 4.39 Å². The van der Waals surface area contributed by atoms with E-state index in [1.165, 1.54) is 22.5 Å². The van der Waals surface area contributed by atoms with Gasteiger partial charge in [-0.2, -0.15) is 0 Å². The molecule has 0 radical (unpaired) electrons. The Hall–Kier alpha value is -3.87. The Morgan fingerprint density at radius 2 is 1.78 bits per heavy atom. The number of halogens is 1.